The quantitative estimate of drug-likeness (QED) is 0.638. The van der Waals surface area contributed by atoms with Gasteiger partial charge in [-0.2, -0.15) is 17.9 Å². The molecule has 1 unspecified atom stereocenters. The van der Waals surface area contributed by atoms with E-state index in [4.69, 9.17) is 0 Å². The second-order valence-electron chi connectivity index (χ2n) is 7.91. The van der Waals surface area contributed by atoms with Crippen molar-refractivity contribution < 1.29 is 31.2 Å². The van der Waals surface area contributed by atoms with Crippen LogP contribution in [0.15, 0.2) is 53.4 Å². The minimum atomic E-state index is -4.44. The number of halogens is 3. The van der Waals surface area contributed by atoms with Crippen molar-refractivity contribution in [2.45, 2.75) is 31.0 Å². The molecule has 0 saturated carbocycles. The van der Waals surface area contributed by atoms with Crippen LogP contribution in [-0.4, -0.2) is 57.4 Å². The smallest absolute Gasteiger partial charge is 0.368 e. The van der Waals surface area contributed by atoms with Crippen LogP contribution in [0.4, 0.5) is 24.5 Å². The SMILES string of the molecule is CC(=O)Nc1ccc(S(=O)(=O)NC(C)C(=O)N2CCN(c3cccc(C(F)(F)F)c3)CC2)cc1. The number of anilines is 2. The predicted molar refractivity (Wildman–Crippen MR) is 121 cm³/mol. The molecule has 8 nitrogen and oxygen atoms in total. The summed E-state index contributed by atoms with van der Waals surface area (Å²) < 4.78 is 66.6. The average Bonchev–Trinajstić information content (AvgIpc) is 2.78. The monoisotopic (exact) mass is 498 g/mol. The Labute approximate surface area is 195 Å². The number of piperazine rings is 1. The molecule has 3 rings (SSSR count). The first-order chi connectivity index (χ1) is 15.9. The highest BCUT2D eigenvalue weighted by Gasteiger charge is 2.32. The van der Waals surface area contributed by atoms with E-state index in [1.165, 1.54) is 49.1 Å². The molecule has 0 aliphatic carbocycles. The summed E-state index contributed by atoms with van der Waals surface area (Å²) in [5, 5.41) is 2.54. The van der Waals surface area contributed by atoms with Crippen LogP contribution in [0.2, 0.25) is 0 Å². The maximum Gasteiger partial charge on any atom is 0.416 e. The number of hydrogen-bond acceptors (Lipinski definition) is 5. The van der Waals surface area contributed by atoms with Crippen LogP contribution >= 0.6 is 0 Å². The van der Waals surface area contributed by atoms with Crippen LogP contribution < -0.4 is 14.9 Å². The molecular weight excluding hydrogens is 473 g/mol. The van der Waals surface area contributed by atoms with Crippen LogP contribution in [-0.2, 0) is 25.8 Å². The molecule has 1 fully saturated rings. The minimum Gasteiger partial charge on any atom is -0.368 e. The van der Waals surface area contributed by atoms with Crippen LogP contribution in [0.25, 0.3) is 0 Å². The van der Waals surface area contributed by atoms with E-state index >= 15 is 0 Å². The Balaban J connectivity index is 1.59. The first kappa shape index (κ1) is 25.5. The van der Waals surface area contributed by atoms with E-state index in [1.54, 1.807) is 11.0 Å². The molecule has 1 aliphatic rings. The molecule has 2 amide bonds. The van der Waals surface area contributed by atoms with Crippen molar-refractivity contribution in [3.8, 4) is 0 Å². The highest BCUT2D eigenvalue weighted by Crippen LogP contribution is 2.32. The van der Waals surface area contributed by atoms with Gasteiger partial charge in [0.1, 0.15) is 0 Å². The Kier molecular flexibility index (Phi) is 7.51. The summed E-state index contributed by atoms with van der Waals surface area (Å²) in [6.45, 7) is 3.89. The molecule has 12 heteroatoms. The van der Waals surface area contributed by atoms with Crippen molar-refractivity contribution in [1.29, 1.82) is 0 Å². The zero-order chi connectivity index (χ0) is 25.1. The van der Waals surface area contributed by atoms with Gasteiger partial charge in [-0.05, 0) is 49.4 Å². The van der Waals surface area contributed by atoms with Crippen molar-refractivity contribution in [2.24, 2.45) is 0 Å². The summed E-state index contributed by atoms with van der Waals surface area (Å²) in [4.78, 5) is 27.1. The maximum atomic E-state index is 13.0. The van der Waals surface area contributed by atoms with Gasteiger partial charge in [0.2, 0.25) is 21.8 Å². The van der Waals surface area contributed by atoms with Gasteiger partial charge >= 0.3 is 6.18 Å². The van der Waals surface area contributed by atoms with E-state index in [1.807, 2.05) is 0 Å². The molecule has 2 N–H and O–H groups in total. The fourth-order valence-corrected chi connectivity index (χ4v) is 4.81. The molecule has 0 spiro atoms. The van der Waals surface area contributed by atoms with Crippen molar-refractivity contribution in [1.82, 2.24) is 9.62 Å². The number of nitrogens with one attached hydrogen (secondary N) is 2. The molecule has 1 heterocycles. The van der Waals surface area contributed by atoms with Crippen molar-refractivity contribution in [3.63, 3.8) is 0 Å². The van der Waals surface area contributed by atoms with Crippen LogP contribution in [0.1, 0.15) is 19.4 Å². The number of benzene rings is 2. The normalized spacial score (nSPS) is 15.7. The maximum absolute atomic E-state index is 13.0. The van der Waals surface area contributed by atoms with E-state index in [2.05, 4.69) is 10.0 Å². The van der Waals surface area contributed by atoms with E-state index < -0.39 is 33.7 Å². The van der Waals surface area contributed by atoms with Gasteiger partial charge in [0.05, 0.1) is 16.5 Å². The molecule has 184 valence electrons. The summed E-state index contributed by atoms with van der Waals surface area (Å²) in [6, 6.07) is 9.48. The zero-order valence-corrected chi connectivity index (χ0v) is 19.4. The second-order valence-corrected chi connectivity index (χ2v) is 9.62. The van der Waals surface area contributed by atoms with Gasteiger partial charge in [-0.25, -0.2) is 8.42 Å². The van der Waals surface area contributed by atoms with Crippen molar-refractivity contribution >= 4 is 33.2 Å². The Morgan fingerprint density at radius 1 is 1.00 bits per heavy atom. The fraction of sp³-hybridized carbons (Fsp3) is 0.364. The summed E-state index contributed by atoms with van der Waals surface area (Å²) in [5.74, 6) is -0.719. The zero-order valence-electron chi connectivity index (χ0n) is 18.6. The summed E-state index contributed by atoms with van der Waals surface area (Å²) >= 11 is 0. The van der Waals surface area contributed by atoms with Gasteiger partial charge in [0, 0.05) is 44.5 Å². The Morgan fingerprint density at radius 3 is 2.18 bits per heavy atom. The molecular formula is C22H25F3N4O4S. The summed E-state index contributed by atoms with van der Waals surface area (Å²) in [7, 11) is -3.99. The largest absolute Gasteiger partial charge is 0.416 e. The number of nitrogens with zero attached hydrogens (tertiary/aromatic N) is 2. The van der Waals surface area contributed by atoms with Crippen LogP contribution in [0.3, 0.4) is 0 Å². The van der Waals surface area contributed by atoms with E-state index in [0.717, 1.165) is 12.1 Å². The van der Waals surface area contributed by atoms with Gasteiger partial charge in [-0.3, -0.25) is 9.59 Å². The highest BCUT2D eigenvalue weighted by atomic mass is 32.2. The molecule has 0 bridgehead atoms. The number of hydrogen-bond donors (Lipinski definition) is 2. The lowest BCUT2D eigenvalue weighted by Crippen LogP contribution is -2.54. The Bertz CT molecular complexity index is 1150. The number of carbonyl (C=O) groups excluding carboxylic acids is 2. The number of alkyl halides is 3. The number of carbonyl (C=O) groups is 2. The third kappa shape index (κ3) is 6.26. The molecule has 0 aromatic heterocycles. The summed E-state index contributed by atoms with van der Waals surface area (Å²) in [6.07, 6.45) is -4.44. The highest BCUT2D eigenvalue weighted by molar-refractivity contribution is 7.89. The minimum absolute atomic E-state index is 0.0596. The average molecular weight is 499 g/mol. The first-order valence-corrected chi connectivity index (χ1v) is 12.0. The van der Waals surface area contributed by atoms with Gasteiger partial charge in [0.15, 0.2) is 0 Å². The summed E-state index contributed by atoms with van der Waals surface area (Å²) in [5.41, 5.74) is 0.115. The lowest BCUT2D eigenvalue weighted by molar-refractivity contribution is -0.137. The molecule has 1 saturated heterocycles. The van der Waals surface area contributed by atoms with E-state index in [9.17, 15) is 31.2 Å². The third-order valence-electron chi connectivity index (χ3n) is 5.32. The molecule has 1 atom stereocenters. The van der Waals surface area contributed by atoms with E-state index in [0.29, 0.717) is 24.5 Å². The topological polar surface area (TPSA) is 98.8 Å². The lowest BCUT2D eigenvalue weighted by atomic mass is 10.1. The number of rotatable bonds is 6. The molecule has 34 heavy (non-hydrogen) atoms. The van der Waals surface area contributed by atoms with Gasteiger partial charge in [0.25, 0.3) is 0 Å². The molecule has 0 radical (unpaired) electrons. The van der Waals surface area contributed by atoms with E-state index in [-0.39, 0.29) is 23.9 Å². The van der Waals surface area contributed by atoms with Gasteiger partial charge < -0.3 is 15.1 Å². The molecule has 2 aromatic rings. The van der Waals surface area contributed by atoms with Gasteiger partial charge in [-0.15, -0.1) is 0 Å². The lowest BCUT2D eigenvalue weighted by Gasteiger charge is -2.37. The van der Waals surface area contributed by atoms with Crippen LogP contribution in [0.5, 0.6) is 0 Å². The second kappa shape index (κ2) is 10.0. The van der Waals surface area contributed by atoms with Crippen molar-refractivity contribution in [3.05, 3.63) is 54.1 Å². The van der Waals surface area contributed by atoms with Crippen LogP contribution in [0, 0.1) is 0 Å². The first-order valence-electron chi connectivity index (χ1n) is 10.5. The predicted octanol–water partition coefficient (Wildman–Crippen LogP) is 2.68. The molecule has 1 aliphatic heterocycles. The molecule has 2 aromatic carbocycles. The third-order valence-corrected chi connectivity index (χ3v) is 6.87. The Hall–Kier alpha value is -3.12. The number of amides is 2. The Morgan fingerprint density at radius 2 is 1.62 bits per heavy atom. The van der Waals surface area contributed by atoms with Crippen molar-refractivity contribution in [2.75, 3.05) is 36.4 Å². The van der Waals surface area contributed by atoms with Gasteiger partial charge in [-0.1, -0.05) is 6.07 Å². The number of sulfonamides is 1. The standard InChI is InChI=1S/C22H25F3N4O4S/c1-15(27-34(32,33)20-8-6-18(7-9-20)26-16(2)30)21(31)29-12-10-28(11-13-29)19-5-3-4-17(14-19)22(23,24)25/h3-9,14-15,27H,10-13H2,1-2H3,(H,26,30). The fourth-order valence-electron chi connectivity index (χ4n) is 3.61.